The summed E-state index contributed by atoms with van der Waals surface area (Å²) in [6.07, 6.45) is 6.20. The standard InChI is InChI=1S/C17H22N4O2/c1-2-15-14(12-23-20-15)11-21-9-5-6-13(10-21)17(22)19-16-7-3-4-8-18-16/h3-4,7-8,12-13H,2,5-6,9-11H2,1H3,(H,18,19,22). The molecule has 23 heavy (non-hydrogen) atoms. The van der Waals surface area contributed by atoms with Crippen molar-refractivity contribution in [3.63, 3.8) is 0 Å². The van der Waals surface area contributed by atoms with Crippen LogP contribution in [-0.2, 0) is 17.8 Å². The van der Waals surface area contributed by atoms with Gasteiger partial charge in [0.15, 0.2) is 0 Å². The van der Waals surface area contributed by atoms with Gasteiger partial charge in [-0.05, 0) is 37.9 Å². The van der Waals surface area contributed by atoms with Crippen molar-refractivity contribution in [3.05, 3.63) is 41.9 Å². The zero-order valence-electron chi connectivity index (χ0n) is 13.4. The summed E-state index contributed by atoms with van der Waals surface area (Å²) in [5.74, 6) is 0.659. The average Bonchev–Trinajstić information content (AvgIpc) is 3.03. The van der Waals surface area contributed by atoms with Gasteiger partial charge in [0, 0.05) is 24.8 Å². The van der Waals surface area contributed by atoms with Crippen LogP contribution in [0.15, 0.2) is 35.2 Å². The molecule has 1 aliphatic rings. The van der Waals surface area contributed by atoms with Crippen molar-refractivity contribution < 1.29 is 9.32 Å². The van der Waals surface area contributed by atoms with Gasteiger partial charge in [0.2, 0.25) is 5.91 Å². The molecule has 0 bridgehead atoms. The summed E-state index contributed by atoms with van der Waals surface area (Å²) in [5, 5.41) is 6.93. The Morgan fingerprint density at radius 2 is 2.39 bits per heavy atom. The molecule has 1 atom stereocenters. The number of pyridine rings is 1. The number of aryl methyl sites for hydroxylation is 1. The van der Waals surface area contributed by atoms with Gasteiger partial charge in [-0.15, -0.1) is 0 Å². The molecule has 1 aliphatic heterocycles. The Kier molecular flexibility index (Phi) is 5.02. The smallest absolute Gasteiger partial charge is 0.229 e. The lowest BCUT2D eigenvalue weighted by Crippen LogP contribution is -2.40. The summed E-state index contributed by atoms with van der Waals surface area (Å²) in [5.41, 5.74) is 2.13. The molecule has 0 aliphatic carbocycles. The van der Waals surface area contributed by atoms with Crippen molar-refractivity contribution in [1.82, 2.24) is 15.0 Å². The average molecular weight is 314 g/mol. The van der Waals surface area contributed by atoms with E-state index in [0.29, 0.717) is 5.82 Å². The van der Waals surface area contributed by atoms with Gasteiger partial charge in [-0.1, -0.05) is 18.1 Å². The van der Waals surface area contributed by atoms with Crippen molar-refractivity contribution in [2.75, 3.05) is 18.4 Å². The maximum Gasteiger partial charge on any atom is 0.229 e. The van der Waals surface area contributed by atoms with E-state index in [9.17, 15) is 4.79 Å². The van der Waals surface area contributed by atoms with Gasteiger partial charge in [0.1, 0.15) is 12.1 Å². The van der Waals surface area contributed by atoms with E-state index in [-0.39, 0.29) is 11.8 Å². The first-order valence-electron chi connectivity index (χ1n) is 8.12. The molecule has 0 spiro atoms. The minimum Gasteiger partial charge on any atom is -0.364 e. The zero-order chi connectivity index (χ0) is 16.1. The van der Waals surface area contributed by atoms with Crippen molar-refractivity contribution in [3.8, 4) is 0 Å². The molecule has 1 fully saturated rings. The lowest BCUT2D eigenvalue weighted by atomic mass is 9.96. The van der Waals surface area contributed by atoms with Crippen molar-refractivity contribution in [2.24, 2.45) is 5.92 Å². The largest absolute Gasteiger partial charge is 0.364 e. The molecule has 122 valence electrons. The van der Waals surface area contributed by atoms with E-state index < -0.39 is 0 Å². The van der Waals surface area contributed by atoms with Crippen LogP contribution < -0.4 is 5.32 Å². The van der Waals surface area contributed by atoms with Gasteiger partial charge in [0.05, 0.1) is 11.6 Å². The molecule has 0 aromatic carbocycles. The minimum atomic E-state index is -0.00399. The van der Waals surface area contributed by atoms with E-state index in [1.165, 1.54) is 0 Å². The lowest BCUT2D eigenvalue weighted by Gasteiger charge is -2.31. The van der Waals surface area contributed by atoms with E-state index in [1.54, 1.807) is 12.5 Å². The number of likely N-dealkylation sites (tertiary alicyclic amines) is 1. The second-order valence-corrected chi connectivity index (χ2v) is 5.92. The van der Waals surface area contributed by atoms with Gasteiger partial charge >= 0.3 is 0 Å². The van der Waals surface area contributed by atoms with Crippen molar-refractivity contribution in [2.45, 2.75) is 32.7 Å². The Hall–Kier alpha value is -2.21. The summed E-state index contributed by atoms with van der Waals surface area (Å²) in [4.78, 5) is 18.9. The fourth-order valence-corrected chi connectivity index (χ4v) is 3.02. The van der Waals surface area contributed by atoms with Crippen LogP contribution in [0.25, 0.3) is 0 Å². The number of rotatable bonds is 5. The first-order valence-corrected chi connectivity index (χ1v) is 8.12. The zero-order valence-corrected chi connectivity index (χ0v) is 13.4. The number of hydrogen-bond donors (Lipinski definition) is 1. The van der Waals surface area contributed by atoms with Crippen LogP contribution in [0.1, 0.15) is 31.0 Å². The molecule has 0 saturated carbocycles. The Balaban J connectivity index is 1.58. The van der Waals surface area contributed by atoms with Crippen LogP contribution >= 0.6 is 0 Å². The number of amides is 1. The van der Waals surface area contributed by atoms with Gasteiger partial charge < -0.3 is 9.84 Å². The van der Waals surface area contributed by atoms with E-state index >= 15 is 0 Å². The van der Waals surface area contributed by atoms with Crippen molar-refractivity contribution >= 4 is 11.7 Å². The van der Waals surface area contributed by atoms with Gasteiger partial charge in [-0.3, -0.25) is 9.69 Å². The van der Waals surface area contributed by atoms with Crippen LogP contribution in [0.3, 0.4) is 0 Å². The van der Waals surface area contributed by atoms with Crippen LogP contribution in [0.4, 0.5) is 5.82 Å². The highest BCUT2D eigenvalue weighted by atomic mass is 16.5. The fraction of sp³-hybridized carbons (Fsp3) is 0.471. The third-order valence-corrected chi connectivity index (χ3v) is 4.25. The maximum absolute atomic E-state index is 12.4. The van der Waals surface area contributed by atoms with Gasteiger partial charge in [0.25, 0.3) is 0 Å². The second-order valence-electron chi connectivity index (χ2n) is 5.92. The van der Waals surface area contributed by atoms with Crippen LogP contribution in [0, 0.1) is 5.92 Å². The molecule has 1 saturated heterocycles. The van der Waals surface area contributed by atoms with Gasteiger partial charge in [-0.25, -0.2) is 4.98 Å². The van der Waals surface area contributed by atoms with E-state index in [0.717, 1.165) is 50.2 Å². The molecular weight excluding hydrogens is 292 g/mol. The third kappa shape index (κ3) is 3.96. The van der Waals surface area contributed by atoms with Crippen LogP contribution in [-0.4, -0.2) is 34.0 Å². The fourth-order valence-electron chi connectivity index (χ4n) is 3.02. The summed E-state index contributed by atoms with van der Waals surface area (Å²) in [6.45, 7) is 4.62. The van der Waals surface area contributed by atoms with E-state index in [4.69, 9.17) is 4.52 Å². The van der Waals surface area contributed by atoms with E-state index in [2.05, 4.69) is 27.3 Å². The molecule has 2 aromatic heterocycles. The monoisotopic (exact) mass is 314 g/mol. The topological polar surface area (TPSA) is 71.3 Å². The molecule has 0 radical (unpaired) electrons. The molecular formula is C17H22N4O2. The highest BCUT2D eigenvalue weighted by Gasteiger charge is 2.26. The number of anilines is 1. The Labute approximate surface area is 135 Å². The Morgan fingerprint density at radius 3 is 3.17 bits per heavy atom. The molecule has 6 heteroatoms. The Morgan fingerprint density at radius 1 is 1.48 bits per heavy atom. The van der Waals surface area contributed by atoms with E-state index in [1.807, 2.05) is 18.2 Å². The molecule has 1 unspecified atom stereocenters. The lowest BCUT2D eigenvalue weighted by molar-refractivity contribution is -0.121. The summed E-state index contributed by atoms with van der Waals surface area (Å²) >= 11 is 0. The highest BCUT2D eigenvalue weighted by molar-refractivity contribution is 5.91. The molecule has 6 nitrogen and oxygen atoms in total. The highest BCUT2D eigenvalue weighted by Crippen LogP contribution is 2.21. The molecule has 3 rings (SSSR count). The normalized spacial score (nSPS) is 18.7. The SMILES string of the molecule is CCc1nocc1CN1CCCC(C(=O)Nc2ccccn2)C1. The van der Waals surface area contributed by atoms with Crippen LogP contribution in [0.5, 0.6) is 0 Å². The van der Waals surface area contributed by atoms with Gasteiger partial charge in [-0.2, -0.15) is 0 Å². The molecule has 2 aromatic rings. The first kappa shape index (κ1) is 15.7. The molecule has 3 heterocycles. The summed E-state index contributed by atoms with van der Waals surface area (Å²) in [7, 11) is 0. The predicted molar refractivity (Wildman–Crippen MR) is 86.7 cm³/mol. The predicted octanol–water partition coefficient (Wildman–Crippen LogP) is 2.48. The summed E-state index contributed by atoms with van der Waals surface area (Å²) < 4.78 is 5.07. The first-order chi connectivity index (χ1) is 11.3. The van der Waals surface area contributed by atoms with Crippen LogP contribution in [0.2, 0.25) is 0 Å². The number of nitrogens with one attached hydrogen (secondary N) is 1. The third-order valence-electron chi connectivity index (χ3n) is 4.25. The number of carbonyl (C=O) groups excluding carboxylic acids is 1. The Bertz CT molecular complexity index is 641. The summed E-state index contributed by atoms with van der Waals surface area (Å²) in [6, 6.07) is 5.51. The quantitative estimate of drug-likeness (QED) is 0.918. The second kappa shape index (κ2) is 7.37. The van der Waals surface area contributed by atoms with Crippen molar-refractivity contribution in [1.29, 1.82) is 0 Å². The minimum absolute atomic E-state index is 0.00399. The number of hydrogen-bond acceptors (Lipinski definition) is 5. The number of piperidine rings is 1. The number of carbonyl (C=O) groups is 1. The number of nitrogens with zero attached hydrogens (tertiary/aromatic N) is 3. The molecule has 1 amide bonds. The number of aromatic nitrogens is 2. The molecule has 1 N–H and O–H groups in total. The maximum atomic E-state index is 12.4.